The zero-order chi connectivity index (χ0) is 23.4. The zero-order valence-electron chi connectivity index (χ0n) is 18.5. The van der Waals surface area contributed by atoms with Crippen LogP contribution >= 0.6 is 34.3 Å². The van der Waals surface area contributed by atoms with Gasteiger partial charge in [0.2, 0.25) is 0 Å². The number of carbonyl (C=O) groups is 2. The first kappa shape index (κ1) is 23.7. The molecule has 0 saturated carbocycles. The molecule has 0 aliphatic carbocycles. The number of thiazole rings is 2. The quantitative estimate of drug-likeness (QED) is 0.471. The first-order valence-corrected chi connectivity index (χ1v) is 12.8. The molecule has 0 atom stereocenters. The molecule has 4 rings (SSSR count). The van der Waals surface area contributed by atoms with Gasteiger partial charge < -0.3 is 15.0 Å². The van der Waals surface area contributed by atoms with Gasteiger partial charge in [-0.1, -0.05) is 23.7 Å². The highest BCUT2D eigenvalue weighted by molar-refractivity contribution is 7.13. The Morgan fingerprint density at radius 2 is 1.97 bits per heavy atom. The fourth-order valence-electron chi connectivity index (χ4n) is 3.76. The number of likely N-dealkylation sites (tertiary alicyclic amines) is 1. The first-order valence-electron chi connectivity index (χ1n) is 10.8. The molecule has 0 unspecified atom stereocenters. The Morgan fingerprint density at radius 1 is 1.21 bits per heavy atom. The SMILES string of the molecule is Cc1nc(C)c(C(=O)N2CCC(c3nc(C(=O)NCCOc4ccccc4Cl)cs3)CC2)s1. The number of rotatable bonds is 7. The van der Waals surface area contributed by atoms with Crippen LogP contribution in [0, 0.1) is 13.8 Å². The number of aryl methyl sites for hydroxylation is 2. The number of nitrogens with one attached hydrogen (secondary N) is 1. The molecule has 0 radical (unpaired) electrons. The van der Waals surface area contributed by atoms with Gasteiger partial charge in [-0.15, -0.1) is 22.7 Å². The molecule has 0 bridgehead atoms. The number of para-hydroxylation sites is 1. The smallest absolute Gasteiger partial charge is 0.270 e. The summed E-state index contributed by atoms with van der Waals surface area (Å²) in [4.78, 5) is 36.8. The number of nitrogens with zero attached hydrogens (tertiary/aromatic N) is 3. The Bertz CT molecular complexity index is 1140. The molecule has 1 N–H and O–H groups in total. The van der Waals surface area contributed by atoms with Gasteiger partial charge in [-0.25, -0.2) is 9.97 Å². The van der Waals surface area contributed by atoms with Crippen LogP contribution in [0.2, 0.25) is 5.02 Å². The van der Waals surface area contributed by atoms with Gasteiger partial charge >= 0.3 is 0 Å². The van der Waals surface area contributed by atoms with E-state index in [1.165, 1.54) is 22.7 Å². The molecule has 2 aromatic heterocycles. The molecule has 33 heavy (non-hydrogen) atoms. The van der Waals surface area contributed by atoms with E-state index < -0.39 is 0 Å². The number of hydrogen-bond acceptors (Lipinski definition) is 7. The van der Waals surface area contributed by atoms with Crippen molar-refractivity contribution in [2.45, 2.75) is 32.6 Å². The largest absolute Gasteiger partial charge is 0.490 e. The predicted molar refractivity (Wildman–Crippen MR) is 131 cm³/mol. The summed E-state index contributed by atoms with van der Waals surface area (Å²) in [7, 11) is 0. The van der Waals surface area contributed by atoms with E-state index in [9.17, 15) is 9.59 Å². The van der Waals surface area contributed by atoms with Crippen molar-refractivity contribution in [1.29, 1.82) is 0 Å². The van der Waals surface area contributed by atoms with Crippen LogP contribution in [0.15, 0.2) is 29.6 Å². The number of hydrogen-bond donors (Lipinski definition) is 1. The molecule has 0 spiro atoms. The maximum Gasteiger partial charge on any atom is 0.270 e. The highest BCUT2D eigenvalue weighted by Crippen LogP contribution is 2.31. The summed E-state index contributed by atoms with van der Waals surface area (Å²) in [6.45, 7) is 5.84. The van der Waals surface area contributed by atoms with Crippen molar-refractivity contribution in [3.8, 4) is 5.75 Å². The van der Waals surface area contributed by atoms with Crippen molar-refractivity contribution in [3.63, 3.8) is 0 Å². The number of benzene rings is 1. The number of ether oxygens (including phenoxy) is 1. The van der Waals surface area contributed by atoms with Gasteiger partial charge in [0.15, 0.2) is 0 Å². The van der Waals surface area contributed by atoms with Crippen LogP contribution in [-0.4, -0.2) is 52.9 Å². The van der Waals surface area contributed by atoms with E-state index in [0.29, 0.717) is 42.7 Å². The van der Waals surface area contributed by atoms with E-state index in [0.717, 1.165) is 33.4 Å². The molecule has 1 aliphatic heterocycles. The summed E-state index contributed by atoms with van der Waals surface area (Å²) >= 11 is 9.02. The maximum absolute atomic E-state index is 12.8. The van der Waals surface area contributed by atoms with E-state index in [-0.39, 0.29) is 17.7 Å². The van der Waals surface area contributed by atoms with Crippen LogP contribution in [0.4, 0.5) is 0 Å². The predicted octanol–water partition coefficient (Wildman–Crippen LogP) is 4.70. The molecule has 2 amide bonds. The maximum atomic E-state index is 12.8. The highest BCUT2D eigenvalue weighted by atomic mass is 35.5. The summed E-state index contributed by atoms with van der Waals surface area (Å²) in [6, 6.07) is 7.23. The molecule has 1 saturated heterocycles. The molecule has 3 aromatic rings. The summed E-state index contributed by atoms with van der Waals surface area (Å²) in [5, 5.41) is 7.02. The van der Waals surface area contributed by atoms with Gasteiger partial charge in [-0.3, -0.25) is 9.59 Å². The summed E-state index contributed by atoms with van der Waals surface area (Å²) in [5.74, 6) is 0.696. The first-order chi connectivity index (χ1) is 15.9. The van der Waals surface area contributed by atoms with E-state index in [1.54, 1.807) is 17.5 Å². The van der Waals surface area contributed by atoms with Gasteiger partial charge in [-0.2, -0.15) is 0 Å². The summed E-state index contributed by atoms with van der Waals surface area (Å²) < 4.78 is 5.59. The molecule has 174 valence electrons. The van der Waals surface area contributed by atoms with Crippen molar-refractivity contribution in [3.05, 3.63) is 60.9 Å². The van der Waals surface area contributed by atoms with Gasteiger partial charge in [0.1, 0.15) is 22.9 Å². The normalized spacial score (nSPS) is 14.3. The van der Waals surface area contributed by atoms with Crippen LogP contribution in [-0.2, 0) is 0 Å². The third-order valence-electron chi connectivity index (χ3n) is 5.47. The molecule has 1 aliphatic rings. The minimum atomic E-state index is -0.219. The molecular formula is C23H25ClN4O3S2. The average molecular weight is 505 g/mol. The average Bonchev–Trinajstić information content (AvgIpc) is 3.44. The second-order valence-corrected chi connectivity index (χ2v) is 10.3. The lowest BCUT2D eigenvalue weighted by atomic mass is 9.97. The Kier molecular flexibility index (Phi) is 7.62. The van der Waals surface area contributed by atoms with Gasteiger partial charge in [0.25, 0.3) is 11.8 Å². The van der Waals surface area contributed by atoms with Crippen molar-refractivity contribution in [1.82, 2.24) is 20.2 Å². The Labute approximate surface area is 205 Å². The van der Waals surface area contributed by atoms with Crippen LogP contribution in [0.5, 0.6) is 5.75 Å². The van der Waals surface area contributed by atoms with E-state index in [4.69, 9.17) is 16.3 Å². The second kappa shape index (κ2) is 10.6. The number of piperidine rings is 1. The Balaban J connectivity index is 1.24. The lowest BCUT2D eigenvalue weighted by Gasteiger charge is -2.30. The van der Waals surface area contributed by atoms with Gasteiger partial charge in [-0.05, 0) is 38.8 Å². The van der Waals surface area contributed by atoms with E-state index in [2.05, 4.69) is 15.3 Å². The molecule has 1 aromatic carbocycles. The molecule has 10 heteroatoms. The minimum Gasteiger partial charge on any atom is -0.490 e. The van der Waals surface area contributed by atoms with Crippen LogP contribution < -0.4 is 10.1 Å². The van der Waals surface area contributed by atoms with Crippen LogP contribution in [0.3, 0.4) is 0 Å². The van der Waals surface area contributed by atoms with Gasteiger partial charge in [0, 0.05) is 24.4 Å². The van der Waals surface area contributed by atoms with E-state index >= 15 is 0 Å². The lowest BCUT2D eigenvalue weighted by Crippen LogP contribution is -2.37. The van der Waals surface area contributed by atoms with Crippen molar-refractivity contribution in [2.24, 2.45) is 0 Å². The Hall–Kier alpha value is -2.49. The Morgan fingerprint density at radius 3 is 2.67 bits per heavy atom. The fourth-order valence-corrected chi connectivity index (χ4v) is 5.81. The highest BCUT2D eigenvalue weighted by Gasteiger charge is 2.28. The summed E-state index contributed by atoms with van der Waals surface area (Å²) in [6.07, 6.45) is 1.67. The monoisotopic (exact) mass is 504 g/mol. The van der Waals surface area contributed by atoms with Crippen LogP contribution in [0.1, 0.15) is 54.6 Å². The lowest BCUT2D eigenvalue weighted by molar-refractivity contribution is 0.0717. The standard InChI is InChI=1S/C23H25ClN4O3S2/c1-14-20(33-15(2)26-14)23(30)28-10-7-16(8-11-28)22-27-18(13-32-22)21(29)25-9-12-31-19-6-4-3-5-17(19)24/h3-6,13,16H,7-12H2,1-2H3,(H,25,29). The van der Waals surface area contributed by atoms with Crippen molar-refractivity contribution < 1.29 is 14.3 Å². The van der Waals surface area contributed by atoms with Crippen molar-refractivity contribution in [2.75, 3.05) is 26.2 Å². The number of aromatic nitrogens is 2. The van der Waals surface area contributed by atoms with E-state index in [1.807, 2.05) is 30.9 Å². The molecule has 3 heterocycles. The third-order valence-corrected chi connectivity index (χ3v) is 7.85. The molecule has 1 fully saturated rings. The second-order valence-electron chi connectivity index (χ2n) is 7.82. The topological polar surface area (TPSA) is 84.4 Å². The van der Waals surface area contributed by atoms with Gasteiger partial charge in [0.05, 0.1) is 27.3 Å². The third kappa shape index (κ3) is 5.72. The van der Waals surface area contributed by atoms with Crippen LogP contribution in [0.25, 0.3) is 0 Å². The molecule has 7 nitrogen and oxygen atoms in total. The number of carbonyl (C=O) groups excluding carboxylic acids is 2. The number of amides is 2. The zero-order valence-corrected chi connectivity index (χ0v) is 20.9. The number of halogens is 1. The minimum absolute atomic E-state index is 0.0646. The van der Waals surface area contributed by atoms with Crippen molar-refractivity contribution >= 4 is 46.1 Å². The fraction of sp³-hybridized carbons (Fsp3) is 0.391. The summed E-state index contributed by atoms with van der Waals surface area (Å²) in [5.41, 5.74) is 1.22. The molecular weight excluding hydrogens is 480 g/mol.